The van der Waals surface area contributed by atoms with Crippen LogP contribution in [0, 0.1) is 11.8 Å². The number of rotatable bonds is 5. The van der Waals surface area contributed by atoms with E-state index in [4.69, 9.17) is 0 Å². The molecule has 1 heterocycles. The molecule has 1 fully saturated rings. The van der Waals surface area contributed by atoms with Gasteiger partial charge < -0.3 is 10.6 Å². The lowest BCUT2D eigenvalue weighted by Crippen LogP contribution is -2.37. The highest BCUT2D eigenvalue weighted by atomic mass is 35.5. The number of carbonyl (C=O) groups excluding carboxylic acids is 1. The van der Waals surface area contributed by atoms with Crippen molar-refractivity contribution in [2.24, 2.45) is 11.8 Å². The van der Waals surface area contributed by atoms with E-state index in [9.17, 15) is 4.79 Å². The van der Waals surface area contributed by atoms with Gasteiger partial charge in [-0.05, 0) is 36.4 Å². The van der Waals surface area contributed by atoms with E-state index in [-0.39, 0.29) is 30.3 Å². The third kappa shape index (κ3) is 4.72. The summed E-state index contributed by atoms with van der Waals surface area (Å²) in [6, 6.07) is 8.73. The molecule has 2 N–H and O–H groups in total. The van der Waals surface area contributed by atoms with Crippen LogP contribution >= 0.6 is 12.4 Å². The minimum Gasteiger partial charge on any atom is -0.349 e. The predicted molar refractivity (Wildman–Crippen MR) is 89.8 cm³/mol. The molecule has 2 unspecified atom stereocenters. The third-order valence-corrected chi connectivity index (χ3v) is 4.14. The molecular weight excluding hydrogens is 284 g/mol. The molecule has 1 aliphatic heterocycles. The number of hydrogen-bond acceptors (Lipinski definition) is 2. The van der Waals surface area contributed by atoms with Crippen LogP contribution < -0.4 is 10.6 Å². The number of benzene rings is 1. The molecule has 0 spiro atoms. The normalized spacial score (nSPS) is 19.1. The van der Waals surface area contributed by atoms with Crippen molar-refractivity contribution in [2.45, 2.75) is 39.7 Å². The number of aryl methyl sites for hydroxylation is 1. The van der Waals surface area contributed by atoms with E-state index in [1.807, 2.05) is 0 Å². The van der Waals surface area contributed by atoms with E-state index in [0.717, 1.165) is 25.9 Å². The van der Waals surface area contributed by atoms with E-state index in [1.165, 1.54) is 11.1 Å². The van der Waals surface area contributed by atoms with Crippen LogP contribution in [0.15, 0.2) is 24.3 Å². The maximum absolute atomic E-state index is 12.3. The van der Waals surface area contributed by atoms with Crippen LogP contribution in [0.5, 0.6) is 0 Å². The molecule has 0 bridgehead atoms. The Kier molecular flexibility index (Phi) is 7.20. The molecule has 21 heavy (non-hydrogen) atoms. The molecule has 1 amide bonds. The fourth-order valence-electron chi connectivity index (χ4n) is 2.75. The van der Waals surface area contributed by atoms with E-state index >= 15 is 0 Å². The molecule has 4 heteroatoms. The van der Waals surface area contributed by atoms with Gasteiger partial charge in [-0.1, -0.05) is 45.0 Å². The van der Waals surface area contributed by atoms with Gasteiger partial charge in [0.2, 0.25) is 5.91 Å². The maximum atomic E-state index is 12.3. The quantitative estimate of drug-likeness (QED) is 0.877. The number of halogens is 1. The van der Waals surface area contributed by atoms with Gasteiger partial charge in [-0.15, -0.1) is 12.4 Å². The van der Waals surface area contributed by atoms with E-state index in [1.54, 1.807) is 0 Å². The molecule has 0 saturated carbocycles. The Morgan fingerprint density at radius 2 is 2.00 bits per heavy atom. The van der Waals surface area contributed by atoms with Gasteiger partial charge in [0.1, 0.15) is 0 Å². The Labute approximate surface area is 134 Å². The Balaban J connectivity index is 0.00000220. The van der Waals surface area contributed by atoms with Gasteiger partial charge in [0, 0.05) is 6.54 Å². The van der Waals surface area contributed by atoms with Crippen molar-refractivity contribution in [1.82, 2.24) is 10.6 Å². The number of nitrogens with one attached hydrogen (secondary N) is 2. The fourth-order valence-corrected chi connectivity index (χ4v) is 2.75. The maximum Gasteiger partial charge on any atom is 0.224 e. The van der Waals surface area contributed by atoms with Crippen molar-refractivity contribution in [2.75, 3.05) is 13.1 Å². The Bertz CT molecular complexity index is 439. The highest BCUT2D eigenvalue weighted by Gasteiger charge is 2.26. The minimum absolute atomic E-state index is 0. The summed E-state index contributed by atoms with van der Waals surface area (Å²) >= 11 is 0. The van der Waals surface area contributed by atoms with Gasteiger partial charge in [-0.25, -0.2) is 0 Å². The van der Waals surface area contributed by atoms with Crippen molar-refractivity contribution in [1.29, 1.82) is 0 Å². The Hall–Kier alpha value is -1.06. The molecule has 1 aliphatic rings. The summed E-state index contributed by atoms with van der Waals surface area (Å²) in [5, 5.41) is 6.48. The average molecular weight is 311 g/mol. The molecule has 0 aromatic heterocycles. The van der Waals surface area contributed by atoms with Gasteiger partial charge in [-0.3, -0.25) is 4.79 Å². The predicted octanol–water partition coefficient (Wildman–Crippen LogP) is 3.09. The fraction of sp³-hybridized carbons (Fsp3) is 0.588. The second-order valence-corrected chi connectivity index (χ2v) is 6.02. The molecule has 1 saturated heterocycles. The van der Waals surface area contributed by atoms with Crippen LogP contribution in [0.4, 0.5) is 0 Å². The van der Waals surface area contributed by atoms with Crippen LogP contribution in [-0.4, -0.2) is 19.0 Å². The summed E-state index contributed by atoms with van der Waals surface area (Å²) in [7, 11) is 0. The molecule has 118 valence electrons. The number of amides is 1. The highest BCUT2D eigenvalue weighted by Crippen LogP contribution is 2.23. The summed E-state index contributed by atoms with van der Waals surface area (Å²) < 4.78 is 0. The topological polar surface area (TPSA) is 41.1 Å². The van der Waals surface area contributed by atoms with Crippen LogP contribution in [-0.2, 0) is 11.2 Å². The lowest BCUT2D eigenvalue weighted by molar-refractivity contribution is -0.125. The van der Waals surface area contributed by atoms with E-state index in [0.29, 0.717) is 5.92 Å². The second kappa shape index (κ2) is 8.40. The molecule has 1 aromatic rings. The Morgan fingerprint density at radius 3 is 2.48 bits per heavy atom. The number of hydrogen-bond donors (Lipinski definition) is 2. The van der Waals surface area contributed by atoms with Crippen molar-refractivity contribution >= 4 is 18.3 Å². The van der Waals surface area contributed by atoms with Gasteiger partial charge >= 0.3 is 0 Å². The van der Waals surface area contributed by atoms with Gasteiger partial charge in [0.05, 0.1) is 12.0 Å². The van der Waals surface area contributed by atoms with E-state index in [2.05, 4.69) is 55.7 Å². The molecule has 0 radical (unpaired) electrons. The molecule has 2 atom stereocenters. The first kappa shape index (κ1) is 18.0. The van der Waals surface area contributed by atoms with Gasteiger partial charge in [-0.2, -0.15) is 0 Å². The standard InChI is InChI=1S/C17H26N2O.ClH/c1-4-13-5-7-14(8-6-13)16(12(2)3)19-17(20)15-9-10-18-11-15;/h5-8,12,15-16,18H,4,9-11H2,1-3H3,(H,19,20);1H. The van der Waals surface area contributed by atoms with Gasteiger partial charge in [0.25, 0.3) is 0 Å². The van der Waals surface area contributed by atoms with Crippen LogP contribution in [0.3, 0.4) is 0 Å². The lowest BCUT2D eigenvalue weighted by atomic mass is 9.94. The first-order valence-corrected chi connectivity index (χ1v) is 7.71. The largest absolute Gasteiger partial charge is 0.349 e. The molecular formula is C17H27ClN2O. The summed E-state index contributed by atoms with van der Waals surface area (Å²) in [4.78, 5) is 12.3. The van der Waals surface area contributed by atoms with Crippen LogP contribution in [0.1, 0.15) is 44.4 Å². The molecule has 2 rings (SSSR count). The first-order chi connectivity index (χ1) is 9.61. The second-order valence-electron chi connectivity index (χ2n) is 6.02. The van der Waals surface area contributed by atoms with Crippen molar-refractivity contribution in [3.05, 3.63) is 35.4 Å². The zero-order valence-corrected chi connectivity index (χ0v) is 14.0. The van der Waals surface area contributed by atoms with E-state index < -0.39 is 0 Å². The smallest absolute Gasteiger partial charge is 0.224 e. The summed E-state index contributed by atoms with van der Waals surface area (Å²) in [6.07, 6.45) is 2.00. The van der Waals surface area contributed by atoms with Crippen LogP contribution in [0.2, 0.25) is 0 Å². The SMILES string of the molecule is CCc1ccc(C(NC(=O)C2CCNC2)C(C)C)cc1.Cl. The van der Waals surface area contributed by atoms with Crippen molar-refractivity contribution < 1.29 is 4.79 Å². The van der Waals surface area contributed by atoms with Crippen LogP contribution in [0.25, 0.3) is 0 Å². The van der Waals surface area contributed by atoms with Gasteiger partial charge in [0.15, 0.2) is 0 Å². The molecule has 3 nitrogen and oxygen atoms in total. The molecule has 1 aromatic carbocycles. The number of carbonyl (C=O) groups is 1. The highest BCUT2D eigenvalue weighted by molar-refractivity contribution is 5.85. The minimum atomic E-state index is 0. The van der Waals surface area contributed by atoms with Crippen molar-refractivity contribution in [3.63, 3.8) is 0 Å². The lowest BCUT2D eigenvalue weighted by Gasteiger charge is -2.24. The average Bonchev–Trinajstić information content (AvgIpc) is 2.98. The molecule has 0 aliphatic carbocycles. The third-order valence-electron chi connectivity index (χ3n) is 4.14. The monoisotopic (exact) mass is 310 g/mol. The Morgan fingerprint density at radius 1 is 1.33 bits per heavy atom. The summed E-state index contributed by atoms with van der Waals surface area (Å²) in [6.45, 7) is 8.24. The zero-order valence-electron chi connectivity index (χ0n) is 13.2. The first-order valence-electron chi connectivity index (χ1n) is 7.71. The zero-order chi connectivity index (χ0) is 14.5. The van der Waals surface area contributed by atoms with Crippen molar-refractivity contribution in [3.8, 4) is 0 Å². The summed E-state index contributed by atoms with van der Waals surface area (Å²) in [5.41, 5.74) is 2.54. The summed E-state index contributed by atoms with van der Waals surface area (Å²) in [5.74, 6) is 0.709.